The number of anilines is 2. The molecule has 0 bridgehead atoms. The summed E-state index contributed by atoms with van der Waals surface area (Å²) in [4.78, 5) is 22.0. The molecule has 0 spiro atoms. The summed E-state index contributed by atoms with van der Waals surface area (Å²) in [6, 6.07) is 8.04. The maximum Gasteiger partial charge on any atom is 0.342 e. The number of halogens is 1. The second-order valence-electron chi connectivity index (χ2n) is 5.70. The Kier molecular flexibility index (Phi) is 4.64. The van der Waals surface area contributed by atoms with Crippen LogP contribution in [-0.4, -0.2) is 20.2 Å². The van der Waals surface area contributed by atoms with Crippen LogP contribution < -0.4 is 14.8 Å². The Labute approximate surface area is 149 Å². The van der Waals surface area contributed by atoms with Gasteiger partial charge in [0.1, 0.15) is 10.7 Å². The smallest absolute Gasteiger partial charge is 0.342 e. The SMILES string of the molecule is CC(=O)Nc1ccccc1OS(=O)(=O)c1cc2c(cc1F)NC(=O)CC2. The maximum atomic E-state index is 14.3. The minimum Gasteiger partial charge on any atom is -0.377 e. The van der Waals surface area contributed by atoms with Gasteiger partial charge in [-0.25, -0.2) is 4.39 Å². The molecule has 9 heteroatoms. The normalized spacial score (nSPS) is 13.5. The lowest BCUT2D eigenvalue weighted by Gasteiger charge is -2.18. The molecule has 1 aliphatic heterocycles. The lowest BCUT2D eigenvalue weighted by molar-refractivity contribution is -0.116. The van der Waals surface area contributed by atoms with Crippen LogP contribution in [-0.2, 0) is 26.1 Å². The molecule has 0 radical (unpaired) electrons. The lowest BCUT2D eigenvalue weighted by Crippen LogP contribution is -2.21. The van der Waals surface area contributed by atoms with E-state index in [-0.39, 0.29) is 29.5 Å². The fourth-order valence-electron chi connectivity index (χ4n) is 2.57. The first-order valence-electron chi connectivity index (χ1n) is 7.69. The van der Waals surface area contributed by atoms with E-state index in [0.29, 0.717) is 12.0 Å². The molecule has 2 aromatic carbocycles. The molecule has 1 aliphatic rings. The van der Waals surface area contributed by atoms with Gasteiger partial charge in [0.25, 0.3) is 0 Å². The highest BCUT2D eigenvalue weighted by Gasteiger charge is 2.26. The number of carbonyl (C=O) groups excluding carboxylic acids is 2. The molecule has 136 valence electrons. The van der Waals surface area contributed by atoms with Gasteiger partial charge in [-0.05, 0) is 36.2 Å². The molecule has 2 amide bonds. The molecule has 0 unspecified atom stereocenters. The monoisotopic (exact) mass is 378 g/mol. The average Bonchev–Trinajstić information content (AvgIpc) is 2.55. The second kappa shape index (κ2) is 6.75. The Hall–Kier alpha value is -2.94. The molecule has 0 saturated carbocycles. The third-order valence-corrected chi connectivity index (χ3v) is 4.97. The van der Waals surface area contributed by atoms with E-state index in [9.17, 15) is 22.4 Å². The molecule has 0 atom stereocenters. The Morgan fingerprint density at radius 2 is 1.96 bits per heavy atom. The van der Waals surface area contributed by atoms with Crippen molar-refractivity contribution >= 4 is 33.3 Å². The van der Waals surface area contributed by atoms with Crippen LogP contribution in [0.2, 0.25) is 0 Å². The molecule has 0 fully saturated rings. The van der Waals surface area contributed by atoms with E-state index >= 15 is 0 Å². The molecule has 0 saturated heterocycles. The topological polar surface area (TPSA) is 102 Å². The zero-order valence-corrected chi connectivity index (χ0v) is 14.5. The van der Waals surface area contributed by atoms with Crippen molar-refractivity contribution in [3.63, 3.8) is 0 Å². The summed E-state index contributed by atoms with van der Waals surface area (Å²) >= 11 is 0. The Morgan fingerprint density at radius 1 is 1.23 bits per heavy atom. The molecule has 3 rings (SSSR count). The third-order valence-electron chi connectivity index (χ3n) is 3.72. The van der Waals surface area contributed by atoms with Gasteiger partial charge in [0.2, 0.25) is 11.8 Å². The number of amides is 2. The van der Waals surface area contributed by atoms with Crippen LogP contribution in [0.3, 0.4) is 0 Å². The van der Waals surface area contributed by atoms with E-state index < -0.39 is 26.7 Å². The van der Waals surface area contributed by atoms with Crippen LogP contribution in [0.5, 0.6) is 5.75 Å². The van der Waals surface area contributed by atoms with Gasteiger partial charge in [0.05, 0.1) is 5.69 Å². The van der Waals surface area contributed by atoms with Crippen molar-refractivity contribution < 1.29 is 26.6 Å². The predicted molar refractivity (Wildman–Crippen MR) is 91.9 cm³/mol. The number of benzene rings is 2. The molecular weight excluding hydrogens is 363 g/mol. The van der Waals surface area contributed by atoms with E-state index in [1.165, 1.54) is 25.1 Å². The minimum absolute atomic E-state index is 0.131. The van der Waals surface area contributed by atoms with Crippen molar-refractivity contribution in [2.45, 2.75) is 24.7 Å². The number of hydrogen-bond donors (Lipinski definition) is 2. The summed E-state index contributed by atoms with van der Waals surface area (Å²) in [5, 5.41) is 4.94. The van der Waals surface area contributed by atoms with Crippen LogP contribution in [0.15, 0.2) is 41.3 Å². The number of nitrogens with one attached hydrogen (secondary N) is 2. The summed E-state index contributed by atoms with van der Waals surface area (Å²) in [5.74, 6) is -1.83. The van der Waals surface area contributed by atoms with Crippen molar-refractivity contribution in [2.75, 3.05) is 10.6 Å². The van der Waals surface area contributed by atoms with Crippen molar-refractivity contribution in [1.29, 1.82) is 0 Å². The highest BCUT2D eigenvalue weighted by atomic mass is 32.2. The van der Waals surface area contributed by atoms with Gasteiger partial charge in [-0.1, -0.05) is 12.1 Å². The number of hydrogen-bond acceptors (Lipinski definition) is 5. The molecule has 1 heterocycles. The van der Waals surface area contributed by atoms with Crippen LogP contribution in [0.1, 0.15) is 18.9 Å². The summed E-state index contributed by atoms with van der Waals surface area (Å²) in [6.07, 6.45) is 0.483. The first-order valence-corrected chi connectivity index (χ1v) is 9.10. The number of para-hydroxylation sites is 2. The first-order chi connectivity index (χ1) is 12.3. The zero-order chi connectivity index (χ0) is 18.9. The zero-order valence-electron chi connectivity index (χ0n) is 13.7. The van der Waals surface area contributed by atoms with Crippen molar-refractivity contribution in [3.8, 4) is 5.75 Å². The van der Waals surface area contributed by atoms with Gasteiger partial charge in [0, 0.05) is 19.0 Å². The molecule has 26 heavy (non-hydrogen) atoms. The van der Waals surface area contributed by atoms with Gasteiger partial charge in [0.15, 0.2) is 5.75 Å². The fourth-order valence-corrected chi connectivity index (χ4v) is 3.62. The van der Waals surface area contributed by atoms with Gasteiger partial charge in [-0.15, -0.1) is 0 Å². The first kappa shape index (κ1) is 17.9. The van der Waals surface area contributed by atoms with Crippen molar-refractivity contribution in [3.05, 3.63) is 47.8 Å². The molecule has 0 aliphatic carbocycles. The lowest BCUT2D eigenvalue weighted by atomic mass is 10.0. The van der Waals surface area contributed by atoms with Gasteiger partial charge >= 0.3 is 10.1 Å². The Morgan fingerprint density at radius 3 is 2.69 bits per heavy atom. The average molecular weight is 378 g/mol. The number of aryl methyl sites for hydroxylation is 1. The fraction of sp³-hybridized carbons (Fsp3) is 0.176. The highest BCUT2D eigenvalue weighted by molar-refractivity contribution is 7.87. The van der Waals surface area contributed by atoms with Gasteiger partial charge < -0.3 is 14.8 Å². The van der Waals surface area contributed by atoms with Crippen LogP contribution in [0.25, 0.3) is 0 Å². The number of fused-ring (bicyclic) bond motifs is 1. The standard InChI is InChI=1S/C17H15FN2O5S/c1-10(21)19-13-4-2-3-5-15(13)25-26(23,24)16-8-11-6-7-17(22)20-14(11)9-12(16)18/h2-5,8-9H,6-7H2,1H3,(H,19,21)(H,20,22). The number of rotatable bonds is 4. The third kappa shape index (κ3) is 3.67. The van der Waals surface area contributed by atoms with E-state index in [1.54, 1.807) is 6.07 Å². The van der Waals surface area contributed by atoms with Crippen LogP contribution in [0.4, 0.5) is 15.8 Å². The largest absolute Gasteiger partial charge is 0.377 e. The second-order valence-corrected chi connectivity index (χ2v) is 7.22. The van der Waals surface area contributed by atoms with Crippen LogP contribution in [0, 0.1) is 5.82 Å². The quantitative estimate of drug-likeness (QED) is 0.796. The molecule has 0 aromatic heterocycles. The van der Waals surface area contributed by atoms with Gasteiger partial charge in [-0.3, -0.25) is 9.59 Å². The summed E-state index contributed by atoms with van der Waals surface area (Å²) in [7, 11) is -4.49. The van der Waals surface area contributed by atoms with Gasteiger partial charge in [-0.2, -0.15) is 8.42 Å². The van der Waals surface area contributed by atoms with E-state index in [4.69, 9.17) is 4.18 Å². The predicted octanol–water partition coefficient (Wildman–Crippen LogP) is 2.44. The Balaban J connectivity index is 1.97. The summed E-state index contributed by atoms with van der Waals surface area (Å²) in [6.45, 7) is 1.27. The molecular formula is C17H15FN2O5S. The maximum absolute atomic E-state index is 14.3. The summed E-state index contributed by atoms with van der Waals surface area (Å²) in [5.41, 5.74) is 0.897. The van der Waals surface area contributed by atoms with Crippen molar-refractivity contribution in [2.24, 2.45) is 0 Å². The van der Waals surface area contributed by atoms with Crippen molar-refractivity contribution in [1.82, 2.24) is 0 Å². The minimum atomic E-state index is -4.49. The molecule has 2 aromatic rings. The Bertz CT molecular complexity index is 1000. The van der Waals surface area contributed by atoms with E-state index in [2.05, 4.69) is 10.6 Å². The van der Waals surface area contributed by atoms with Crippen LogP contribution >= 0.6 is 0 Å². The van der Waals surface area contributed by atoms with E-state index in [1.807, 2.05) is 0 Å². The number of carbonyl (C=O) groups is 2. The van der Waals surface area contributed by atoms with E-state index in [0.717, 1.165) is 12.1 Å². The molecule has 2 N–H and O–H groups in total. The molecule has 7 nitrogen and oxygen atoms in total. The highest BCUT2D eigenvalue weighted by Crippen LogP contribution is 2.31. The summed E-state index contributed by atoms with van der Waals surface area (Å²) < 4.78 is 44.5.